The molecule has 14 heavy (non-hydrogen) atoms. The van der Waals surface area contributed by atoms with E-state index in [1.54, 1.807) is 6.26 Å². The zero-order valence-corrected chi connectivity index (χ0v) is 9.89. The smallest absolute Gasteiger partial charge is 0.236 e. The molecule has 4 nitrogen and oxygen atoms in total. The summed E-state index contributed by atoms with van der Waals surface area (Å²) >= 11 is 0. The van der Waals surface area contributed by atoms with Crippen molar-refractivity contribution in [3.05, 3.63) is 0 Å². The standard InChI is InChI=1S/C9H20N2O2S/c1-7(2)6-8(10)9(12)11-4-5-14(3)13/h7-8H,4-6,10H2,1-3H3,(H,11,12)/t8-,14?/m0/s1. The first-order chi connectivity index (χ1) is 6.43. The van der Waals surface area contributed by atoms with Crippen molar-refractivity contribution in [1.29, 1.82) is 0 Å². The number of nitrogens with one attached hydrogen (secondary N) is 1. The predicted molar refractivity (Wildman–Crippen MR) is 59.4 cm³/mol. The molecule has 0 aliphatic carbocycles. The summed E-state index contributed by atoms with van der Waals surface area (Å²) in [7, 11) is -0.861. The van der Waals surface area contributed by atoms with Gasteiger partial charge in [0.15, 0.2) is 0 Å². The predicted octanol–water partition coefficient (Wildman–Crippen LogP) is -0.145. The maximum atomic E-state index is 11.3. The highest BCUT2D eigenvalue weighted by Crippen LogP contribution is 2.02. The Morgan fingerprint density at radius 1 is 1.50 bits per heavy atom. The lowest BCUT2D eigenvalue weighted by atomic mass is 10.0. The molecule has 0 aromatic carbocycles. The third-order valence-corrected chi connectivity index (χ3v) is 2.53. The van der Waals surface area contributed by atoms with Crippen LogP contribution in [0.15, 0.2) is 0 Å². The second-order valence-electron chi connectivity index (χ2n) is 3.80. The molecule has 0 radical (unpaired) electrons. The number of amides is 1. The van der Waals surface area contributed by atoms with Crippen molar-refractivity contribution < 1.29 is 9.00 Å². The van der Waals surface area contributed by atoms with Gasteiger partial charge in [0.05, 0.1) is 6.04 Å². The second-order valence-corrected chi connectivity index (χ2v) is 5.36. The zero-order valence-electron chi connectivity index (χ0n) is 9.08. The Balaban J connectivity index is 3.67. The molecular weight excluding hydrogens is 200 g/mol. The molecule has 0 spiro atoms. The molecule has 0 rings (SSSR count). The first-order valence-electron chi connectivity index (χ1n) is 4.76. The van der Waals surface area contributed by atoms with E-state index >= 15 is 0 Å². The average Bonchev–Trinajstić information content (AvgIpc) is 2.01. The van der Waals surface area contributed by atoms with Gasteiger partial charge in [-0.15, -0.1) is 0 Å². The molecule has 5 heteroatoms. The lowest BCUT2D eigenvalue weighted by Crippen LogP contribution is -2.42. The fourth-order valence-corrected chi connectivity index (χ4v) is 1.45. The van der Waals surface area contributed by atoms with Crippen LogP contribution >= 0.6 is 0 Å². The molecule has 0 aliphatic rings. The van der Waals surface area contributed by atoms with Crippen LogP contribution in [0.25, 0.3) is 0 Å². The number of carbonyl (C=O) groups is 1. The van der Waals surface area contributed by atoms with Gasteiger partial charge >= 0.3 is 0 Å². The van der Waals surface area contributed by atoms with E-state index in [1.165, 1.54) is 0 Å². The fourth-order valence-electron chi connectivity index (χ4n) is 1.06. The lowest BCUT2D eigenvalue weighted by molar-refractivity contribution is -0.122. The van der Waals surface area contributed by atoms with E-state index in [-0.39, 0.29) is 5.91 Å². The third kappa shape index (κ3) is 7.03. The van der Waals surface area contributed by atoms with Crippen LogP contribution in [0.4, 0.5) is 0 Å². The number of hydrogen-bond donors (Lipinski definition) is 2. The Bertz CT molecular complexity index is 207. The number of nitrogens with two attached hydrogens (primary N) is 1. The van der Waals surface area contributed by atoms with Crippen molar-refractivity contribution in [2.45, 2.75) is 26.3 Å². The largest absolute Gasteiger partial charge is 0.354 e. The molecule has 2 atom stereocenters. The molecule has 0 aromatic heterocycles. The van der Waals surface area contributed by atoms with Crippen LogP contribution in [0, 0.1) is 5.92 Å². The van der Waals surface area contributed by atoms with E-state index in [2.05, 4.69) is 5.32 Å². The highest BCUT2D eigenvalue weighted by Gasteiger charge is 2.13. The first kappa shape index (κ1) is 13.6. The fraction of sp³-hybridized carbons (Fsp3) is 0.889. The van der Waals surface area contributed by atoms with Crippen molar-refractivity contribution in [3.8, 4) is 0 Å². The molecule has 3 N–H and O–H groups in total. The molecule has 0 aromatic rings. The van der Waals surface area contributed by atoms with E-state index in [1.807, 2.05) is 13.8 Å². The van der Waals surface area contributed by atoms with E-state index in [9.17, 15) is 9.00 Å². The SMILES string of the molecule is CC(C)C[C@H](N)C(=O)NCCS(C)=O. The van der Waals surface area contributed by atoms with Crippen molar-refractivity contribution >= 4 is 16.7 Å². The normalized spacial score (nSPS) is 15.2. The lowest BCUT2D eigenvalue weighted by Gasteiger charge is -2.13. The minimum atomic E-state index is -0.861. The summed E-state index contributed by atoms with van der Waals surface area (Å²) in [5.41, 5.74) is 5.65. The van der Waals surface area contributed by atoms with Crippen LogP contribution in [0.3, 0.4) is 0 Å². The van der Waals surface area contributed by atoms with Gasteiger partial charge < -0.3 is 11.1 Å². The molecule has 0 heterocycles. The van der Waals surface area contributed by atoms with Crippen LogP contribution in [0.2, 0.25) is 0 Å². The molecule has 1 amide bonds. The summed E-state index contributed by atoms with van der Waals surface area (Å²) in [4.78, 5) is 11.3. The van der Waals surface area contributed by atoms with Crippen LogP contribution in [0.5, 0.6) is 0 Å². The van der Waals surface area contributed by atoms with Crippen molar-refractivity contribution in [1.82, 2.24) is 5.32 Å². The van der Waals surface area contributed by atoms with Gasteiger partial charge in [-0.2, -0.15) is 0 Å². The summed E-state index contributed by atoms with van der Waals surface area (Å²) in [5.74, 6) is 0.750. The Morgan fingerprint density at radius 2 is 2.07 bits per heavy atom. The van der Waals surface area contributed by atoms with E-state index in [0.29, 0.717) is 24.6 Å². The molecule has 0 saturated carbocycles. The minimum absolute atomic E-state index is 0.149. The highest BCUT2D eigenvalue weighted by molar-refractivity contribution is 7.84. The first-order valence-corrected chi connectivity index (χ1v) is 6.49. The van der Waals surface area contributed by atoms with Crippen molar-refractivity contribution in [2.24, 2.45) is 11.7 Å². The Morgan fingerprint density at radius 3 is 2.50 bits per heavy atom. The van der Waals surface area contributed by atoms with Gasteiger partial charge in [0.1, 0.15) is 0 Å². The van der Waals surface area contributed by atoms with Gasteiger partial charge in [-0.25, -0.2) is 0 Å². The Hall–Kier alpha value is -0.420. The van der Waals surface area contributed by atoms with Gasteiger partial charge in [-0.05, 0) is 12.3 Å². The Kier molecular flexibility index (Phi) is 6.74. The quantitative estimate of drug-likeness (QED) is 0.654. The van der Waals surface area contributed by atoms with Gasteiger partial charge in [0.2, 0.25) is 5.91 Å². The van der Waals surface area contributed by atoms with Crippen LogP contribution < -0.4 is 11.1 Å². The second kappa shape index (κ2) is 6.95. The van der Waals surface area contributed by atoms with Gasteiger partial charge in [0, 0.05) is 29.4 Å². The summed E-state index contributed by atoms with van der Waals surface area (Å²) in [6, 6.07) is -0.444. The number of hydrogen-bond acceptors (Lipinski definition) is 3. The van der Waals surface area contributed by atoms with E-state index in [0.717, 1.165) is 0 Å². The minimum Gasteiger partial charge on any atom is -0.354 e. The molecular formula is C9H20N2O2S. The van der Waals surface area contributed by atoms with E-state index < -0.39 is 16.8 Å². The zero-order chi connectivity index (χ0) is 11.1. The van der Waals surface area contributed by atoms with Gasteiger partial charge in [-0.1, -0.05) is 13.8 Å². The summed E-state index contributed by atoms with van der Waals surface area (Å²) in [6.07, 6.45) is 2.29. The van der Waals surface area contributed by atoms with Gasteiger partial charge in [-0.3, -0.25) is 9.00 Å². The molecule has 1 unspecified atom stereocenters. The van der Waals surface area contributed by atoms with Crippen LogP contribution in [-0.4, -0.2) is 34.7 Å². The Labute approximate surface area is 88.1 Å². The van der Waals surface area contributed by atoms with E-state index in [4.69, 9.17) is 5.73 Å². The molecule has 0 bridgehead atoms. The monoisotopic (exact) mass is 220 g/mol. The number of carbonyl (C=O) groups excluding carboxylic acids is 1. The van der Waals surface area contributed by atoms with Crippen LogP contribution in [0.1, 0.15) is 20.3 Å². The number of rotatable bonds is 6. The highest BCUT2D eigenvalue weighted by atomic mass is 32.2. The molecule has 84 valence electrons. The topological polar surface area (TPSA) is 72.2 Å². The summed E-state index contributed by atoms with van der Waals surface area (Å²) < 4.78 is 10.7. The molecule has 0 aliphatic heterocycles. The van der Waals surface area contributed by atoms with Crippen molar-refractivity contribution in [3.63, 3.8) is 0 Å². The molecule has 0 saturated heterocycles. The summed E-state index contributed by atoms with van der Waals surface area (Å²) in [6.45, 7) is 4.48. The maximum absolute atomic E-state index is 11.3. The van der Waals surface area contributed by atoms with Gasteiger partial charge in [0.25, 0.3) is 0 Å². The maximum Gasteiger partial charge on any atom is 0.236 e. The average molecular weight is 220 g/mol. The van der Waals surface area contributed by atoms with Crippen molar-refractivity contribution in [2.75, 3.05) is 18.6 Å². The summed E-state index contributed by atoms with van der Waals surface area (Å²) in [5, 5.41) is 2.66. The third-order valence-electron chi connectivity index (χ3n) is 1.75. The van der Waals surface area contributed by atoms with Crippen LogP contribution in [-0.2, 0) is 15.6 Å². The molecule has 0 fully saturated rings.